The molecule has 164 valence electrons. The number of amides is 2. The van der Waals surface area contributed by atoms with E-state index in [1.54, 1.807) is 28.0 Å². The zero-order valence-corrected chi connectivity index (χ0v) is 17.9. The lowest BCUT2D eigenvalue weighted by atomic mass is 9.95. The molecule has 2 aliphatic rings. The Balaban J connectivity index is 1.65. The average Bonchev–Trinajstić information content (AvgIpc) is 2.77. The summed E-state index contributed by atoms with van der Waals surface area (Å²) >= 11 is 0. The second-order valence-electron chi connectivity index (χ2n) is 8.15. The standard InChI is InChI=1S/C23H27FN4O3/c1-15-18-9-10-20(29)28(13-16-6-3-4-8-19(16)24)23(18)26-22(25-15)17-7-5-11-27(12-17)21(30)14-31-2/h3-4,6,8,17H,5,7,9-14H2,1-2H3. The molecule has 8 heteroatoms. The number of aryl methyl sites for hydroxylation is 1. The van der Waals surface area contributed by atoms with E-state index >= 15 is 0 Å². The van der Waals surface area contributed by atoms with Crippen LogP contribution in [0.1, 0.15) is 47.8 Å². The Kier molecular flexibility index (Phi) is 6.27. The summed E-state index contributed by atoms with van der Waals surface area (Å²) in [6.45, 7) is 3.35. The Labute approximate surface area is 181 Å². The fourth-order valence-corrected chi connectivity index (χ4v) is 4.37. The molecule has 1 aromatic heterocycles. The average molecular weight is 426 g/mol. The number of carbonyl (C=O) groups excluding carboxylic acids is 2. The van der Waals surface area contributed by atoms with Gasteiger partial charge in [0.05, 0.1) is 6.54 Å². The number of carbonyl (C=O) groups is 2. The maximum absolute atomic E-state index is 14.3. The first kappa shape index (κ1) is 21.4. The van der Waals surface area contributed by atoms with Crippen LogP contribution in [0.5, 0.6) is 0 Å². The van der Waals surface area contributed by atoms with Crippen molar-refractivity contribution < 1.29 is 18.7 Å². The predicted molar refractivity (Wildman–Crippen MR) is 113 cm³/mol. The van der Waals surface area contributed by atoms with Gasteiger partial charge in [-0.1, -0.05) is 18.2 Å². The van der Waals surface area contributed by atoms with E-state index in [-0.39, 0.29) is 36.7 Å². The van der Waals surface area contributed by atoms with Crippen molar-refractivity contribution in [2.45, 2.75) is 45.1 Å². The summed E-state index contributed by atoms with van der Waals surface area (Å²) in [6.07, 6.45) is 2.67. The zero-order chi connectivity index (χ0) is 22.0. The molecule has 0 spiro atoms. The van der Waals surface area contributed by atoms with Crippen LogP contribution in [-0.2, 0) is 27.3 Å². The lowest BCUT2D eigenvalue weighted by molar-refractivity contribution is -0.136. The van der Waals surface area contributed by atoms with E-state index < -0.39 is 0 Å². The van der Waals surface area contributed by atoms with Gasteiger partial charge in [0.2, 0.25) is 11.8 Å². The predicted octanol–water partition coefficient (Wildman–Crippen LogP) is 2.76. The largest absolute Gasteiger partial charge is 0.375 e. The van der Waals surface area contributed by atoms with Gasteiger partial charge in [0.15, 0.2) is 0 Å². The highest BCUT2D eigenvalue weighted by Gasteiger charge is 2.32. The van der Waals surface area contributed by atoms with Crippen LogP contribution in [0.2, 0.25) is 0 Å². The Morgan fingerprint density at radius 1 is 1.26 bits per heavy atom. The van der Waals surface area contributed by atoms with Crippen molar-refractivity contribution in [1.82, 2.24) is 14.9 Å². The smallest absolute Gasteiger partial charge is 0.248 e. The summed E-state index contributed by atoms with van der Waals surface area (Å²) in [5.74, 6) is 0.749. The fourth-order valence-electron chi connectivity index (χ4n) is 4.37. The molecule has 2 amide bonds. The van der Waals surface area contributed by atoms with Crippen molar-refractivity contribution in [3.05, 3.63) is 52.7 Å². The van der Waals surface area contributed by atoms with Gasteiger partial charge in [-0.25, -0.2) is 14.4 Å². The summed E-state index contributed by atoms with van der Waals surface area (Å²) in [6, 6.07) is 6.48. The van der Waals surface area contributed by atoms with Crippen LogP contribution < -0.4 is 4.90 Å². The van der Waals surface area contributed by atoms with E-state index in [0.717, 1.165) is 24.1 Å². The maximum Gasteiger partial charge on any atom is 0.248 e. The number of likely N-dealkylation sites (tertiary alicyclic amines) is 1. The molecule has 31 heavy (non-hydrogen) atoms. The van der Waals surface area contributed by atoms with Gasteiger partial charge in [0.25, 0.3) is 0 Å². The van der Waals surface area contributed by atoms with E-state index in [4.69, 9.17) is 14.7 Å². The van der Waals surface area contributed by atoms with Crippen LogP contribution in [-0.4, -0.2) is 53.5 Å². The lowest BCUT2D eigenvalue weighted by Gasteiger charge is -2.34. The highest BCUT2D eigenvalue weighted by atomic mass is 19.1. The number of rotatable bonds is 5. The van der Waals surface area contributed by atoms with Gasteiger partial charge < -0.3 is 9.64 Å². The van der Waals surface area contributed by atoms with Gasteiger partial charge in [0.1, 0.15) is 24.1 Å². The second kappa shape index (κ2) is 9.09. The third-order valence-electron chi connectivity index (χ3n) is 6.05. The lowest BCUT2D eigenvalue weighted by Crippen LogP contribution is -2.41. The second-order valence-corrected chi connectivity index (χ2v) is 8.15. The molecule has 1 unspecified atom stereocenters. The number of aromatic nitrogens is 2. The van der Waals surface area contributed by atoms with Gasteiger partial charge in [-0.2, -0.15) is 0 Å². The van der Waals surface area contributed by atoms with Crippen molar-refractivity contribution in [2.24, 2.45) is 0 Å². The number of fused-ring (bicyclic) bond motifs is 1. The number of benzene rings is 1. The van der Waals surface area contributed by atoms with Crippen molar-refractivity contribution in [1.29, 1.82) is 0 Å². The summed E-state index contributed by atoms with van der Waals surface area (Å²) < 4.78 is 19.2. The quantitative estimate of drug-likeness (QED) is 0.735. The van der Waals surface area contributed by atoms with Crippen molar-refractivity contribution >= 4 is 17.6 Å². The molecule has 2 aromatic rings. The number of piperidine rings is 1. The molecule has 0 bridgehead atoms. The molecular formula is C23H27FN4O3. The normalized spacial score (nSPS) is 18.8. The number of methoxy groups -OCH3 is 1. The number of hydrogen-bond donors (Lipinski definition) is 0. The van der Waals surface area contributed by atoms with Gasteiger partial charge in [-0.3, -0.25) is 14.5 Å². The minimum absolute atomic E-state index is 0.00843. The van der Waals surface area contributed by atoms with E-state index in [9.17, 15) is 14.0 Å². The van der Waals surface area contributed by atoms with E-state index in [1.807, 2.05) is 6.92 Å². The molecular weight excluding hydrogens is 399 g/mol. The molecule has 0 N–H and O–H groups in total. The summed E-state index contributed by atoms with van der Waals surface area (Å²) in [4.78, 5) is 37.9. The van der Waals surface area contributed by atoms with Gasteiger partial charge in [-0.15, -0.1) is 0 Å². The van der Waals surface area contributed by atoms with E-state index in [2.05, 4.69) is 0 Å². The van der Waals surface area contributed by atoms with Gasteiger partial charge in [-0.05, 0) is 32.3 Å². The Morgan fingerprint density at radius 3 is 2.84 bits per heavy atom. The van der Waals surface area contributed by atoms with E-state index in [0.29, 0.717) is 43.1 Å². The molecule has 1 saturated heterocycles. The highest BCUT2D eigenvalue weighted by Crippen LogP contribution is 2.33. The van der Waals surface area contributed by atoms with Gasteiger partial charge >= 0.3 is 0 Å². The number of anilines is 1. The molecule has 7 nitrogen and oxygen atoms in total. The number of nitrogens with zero attached hydrogens (tertiary/aromatic N) is 4. The molecule has 0 radical (unpaired) electrons. The molecule has 1 fully saturated rings. The van der Waals surface area contributed by atoms with Crippen LogP contribution in [0.4, 0.5) is 10.2 Å². The van der Waals surface area contributed by atoms with Crippen molar-refractivity contribution in [3.8, 4) is 0 Å². The molecule has 1 aromatic carbocycles. The molecule has 0 aliphatic carbocycles. The van der Waals surface area contributed by atoms with Crippen molar-refractivity contribution in [2.75, 3.05) is 31.7 Å². The van der Waals surface area contributed by atoms with Crippen LogP contribution in [0, 0.1) is 12.7 Å². The Bertz CT molecular complexity index is 997. The SMILES string of the molecule is COCC(=O)N1CCCC(c2nc(C)c3c(n2)N(Cc2ccccc2F)C(=O)CC3)C1. The monoisotopic (exact) mass is 426 g/mol. The first-order chi connectivity index (χ1) is 15.0. The molecule has 3 heterocycles. The minimum Gasteiger partial charge on any atom is -0.375 e. The van der Waals surface area contributed by atoms with Crippen LogP contribution in [0.3, 0.4) is 0 Å². The summed E-state index contributed by atoms with van der Waals surface area (Å²) in [5, 5.41) is 0. The van der Waals surface area contributed by atoms with Crippen LogP contribution in [0.25, 0.3) is 0 Å². The van der Waals surface area contributed by atoms with Crippen LogP contribution >= 0.6 is 0 Å². The number of halogens is 1. The molecule has 4 rings (SSSR count). The van der Waals surface area contributed by atoms with Gasteiger partial charge in [0, 0.05) is 49.4 Å². The Hall–Kier alpha value is -2.87. The topological polar surface area (TPSA) is 75.6 Å². The molecule has 0 saturated carbocycles. The van der Waals surface area contributed by atoms with E-state index in [1.165, 1.54) is 13.2 Å². The highest BCUT2D eigenvalue weighted by molar-refractivity contribution is 5.95. The van der Waals surface area contributed by atoms with Crippen LogP contribution in [0.15, 0.2) is 24.3 Å². The number of hydrogen-bond acceptors (Lipinski definition) is 5. The number of ether oxygens (including phenoxy) is 1. The molecule has 2 aliphatic heterocycles. The molecule has 1 atom stereocenters. The van der Waals surface area contributed by atoms with Crippen molar-refractivity contribution in [3.63, 3.8) is 0 Å². The summed E-state index contributed by atoms with van der Waals surface area (Å²) in [7, 11) is 1.51. The summed E-state index contributed by atoms with van der Waals surface area (Å²) in [5.41, 5.74) is 2.23. The first-order valence-electron chi connectivity index (χ1n) is 10.7. The maximum atomic E-state index is 14.3. The third kappa shape index (κ3) is 4.44. The minimum atomic E-state index is -0.340. The zero-order valence-electron chi connectivity index (χ0n) is 17.9. The Morgan fingerprint density at radius 2 is 2.06 bits per heavy atom. The first-order valence-corrected chi connectivity index (χ1v) is 10.7. The third-order valence-corrected chi connectivity index (χ3v) is 6.05. The fraction of sp³-hybridized carbons (Fsp3) is 0.478.